The van der Waals surface area contributed by atoms with Crippen LogP contribution < -0.4 is 4.74 Å². The van der Waals surface area contributed by atoms with Crippen LogP contribution in [-0.2, 0) is 12.0 Å². The van der Waals surface area contributed by atoms with Gasteiger partial charge >= 0.3 is 0 Å². The molecule has 0 aliphatic rings. The van der Waals surface area contributed by atoms with Crippen LogP contribution in [-0.4, -0.2) is 42.9 Å². The van der Waals surface area contributed by atoms with Crippen molar-refractivity contribution < 1.29 is 14.3 Å². The van der Waals surface area contributed by atoms with Crippen LogP contribution in [0.5, 0.6) is 5.75 Å². The second kappa shape index (κ2) is 9.32. The molecule has 0 spiro atoms. The Labute approximate surface area is 177 Å². The number of aliphatic hydroxyl groups is 1. The quantitative estimate of drug-likeness (QED) is 0.572. The lowest BCUT2D eigenvalue weighted by atomic mass is 9.72. The van der Waals surface area contributed by atoms with Gasteiger partial charge in [-0.1, -0.05) is 77.1 Å². The maximum Gasteiger partial charge on any atom is 0.137 e. The molecule has 0 aromatic heterocycles. The smallest absolute Gasteiger partial charge is 0.137 e. The molecule has 0 saturated heterocycles. The van der Waals surface area contributed by atoms with Gasteiger partial charge in [0.05, 0.1) is 14.1 Å². The van der Waals surface area contributed by atoms with Crippen LogP contribution in [0.15, 0.2) is 54.6 Å². The molecule has 1 atom stereocenters. The zero-order valence-electron chi connectivity index (χ0n) is 19.4. The first-order valence-electron chi connectivity index (χ1n) is 10.6. The first-order chi connectivity index (χ1) is 13.4. The van der Waals surface area contributed by atoms with Crippen molar-refractivity contribution in [2.45, 2.75) is 59.1 Å². The molecule has 0 heterocycles. The summed E-state index contributed by atoms with van der Waals surface area (Å²) in [4.78, 5) is 0. The van der Waals surface area contributed by atoms with E-state index in [4.69, 9.17) is 4.74 Å². The van der Waals surface area contributed by atoms with Crippen molar-refractivity contribution in [2.24, 2.45) is 5.41 Å². The van der Waals surface area contributed by atoms with Gasteiger partial charge in [-0.3, -0.25) is 0 Å². The number of nitrogens with zero attached hydrogens (tertiary/aromatic N) is 1. The standard InChI is InChI=1S/C26H40NO2/c1-25(2,3)20-26(4,5)22-13-15-24(16-14-22)29-19-23(28)18-27(6,7)17-21-11-9-8-10-12-21/h8-16,23,28H,17-20H2,1-7H3/q+1. The fourth-order valence-corrected chi connectivity index (χ4v) is 4.39. The molecule has 29 heavy (non-hydrogen) atoms. The maximum atomic E-state index is 10.5. The highest BCUT2D eigenvalue weighted by Gasteiger charge is 2.27. The highest BCUT2D eigenvalue weighted by molar-refractivity contribution is 5.31. The van der Waals surface area contributed by atoms with Crippen molar-refractivity contribution in [1.82, 2.24) is 0 Å². The predicted octanol–water partition coefficient (Wildman–Crippen LogP) is 5.42. The predicted molar refractivity (Wildman–Crippen MR) is 122 cm³/mol. The lowest BCUT2D eigenvalue weighted by Gasteiger charge is -2.33. The summed E-state index contributed by atoms with van der Waals surface area (Å²) >= 11 is 0. The van der Waals surface area contributed by atoms with E-state index in [1.807, 2.05) is 18.2 Å². The highest BCUT2D eigenvalue weighted by Crippen LogP contribution is 2.36. The first kappa shape index (κ1) is 23.4. The van der Waals surface area contributed by atoms with E-state index >= 15 is 0 Å². The minimum atomic E-state index is -0.509. The average molecular weight is 399 g/mol. The fourth-order valence-electron chi connectivity index (χ4n) is 4.39. The Balaban J connectivity index is 1.87. The van der Waals surface area contributed by atoms with Crippen LogP contribution in [0.1, 0.15) is 52.2 Å². The van der Waals surface area contributed by atoms with E-state index < -0.39 is 6.10 Å². The third-order valence-corrected chi connectivity index (χ3v) is 5.21. The van der Waals surface area contributed by atoms with Crippen molar-refractivity contribution in [3.05, 3.63) is 65.7 Å². The largest absolute Gasteiger partial charge is 0.491 e. The van der Waals surface area contributed by atoms with E-state index in [2.05, 4.69) is 85.1 Å². The Morgan fingerprint density at radius 1 is 0.897 bits per heavy atom. The molecule has 0 aliphatic carbocycles. The summed E-state index contributed by atoms with van der Waals surface area (Å²) in [5, 5.41) is 10.5. The molecule has 1 N–H and O–H groups in total. The molecule has 2 rings (SSSR count). The van der Waals surface area contributed by atoms with Crippen molar-refractivity contribution in [3.63, 3.8) is 0 Å². The van der Waals surface area contributed by atoms with Crippen molar-refractivity contribution in [1.29, 1.82) is 0 Å². The third-order valence-electron chi connectivity index (χ3n) is 5.21. The summed E-state index contributed by atoms with van der Waals surface area (Å²) < 4.78 is 6.59. The zero-order chi connectivity index (χ0) is 21.7. The van der Waals surface area contributed by atoms with Gasteiger partial charge < -0.3 is 14.3 Å². The van der Waals surface area contributed by atoms with Gasteiger partial charge in [0.25, 0.3) is 0 Å². The molecule has 0 aliphatic heterocycles. The number of hydrogen-bond donors (Lipinski definition) is 1. The summed E-state index contributed by atoms with van der Waals surface area (Å²) in [7, 11) is 4.28. The molecule has 0 radical (unpaired) electrons. The van der Waals surface area contributed by atoms with Gasteiger partial charge in [0.1, 0.15) is 31.5 Å². The van der Waals surface area contributed by atoms with Crippen LogP contribution in [0.4, 0.5) is 0 Å². The molecule has 0 saturated carbocycles. The van der Waals surface area contributed by atoms with E-state index in [0.29, 0.717) is 17.6 Å². The summed E-state index contributed by atoms with van der Waals surface area (Å²) in [6.45, 7) is 13.3. The fraction of sp³-hybridized carbons (Fsp3) is 0.538. The van der Waals surface area contributed by atoms with Crippen LogP contribution in [0.25, 0.3) is 0 Å². The Bertz CT molecular complexity index is 743. The number of likely N-dealkylation sites (N-methyl/N-ethyl adjacent to an activating group) is 1. The molecule has 0 amide bonds. The highest BCUT2D eigenvalue weighted by atomic mass is 16.5. The normalized spacial score (nSPS) is 13.9. The molecule has 1 unspecified atom stereocenters. The molecule has 2 aromatic rings. The van der Waals surface area contributed by atoms with Gasteiger partial charge in [-0.2, -0.15) is 0 Å². The molecule has 3 heteroatoms. The number of hydrogen-bond acceptors (Lipinski definition) is 2. The Morgan fingerprint density at radius 2 is 1.48 bits per heavy atom. The SMILES string of the molecule is CC(C)(C)CC(C)(C)c1ccc(OCC(O)C[N+](C)(C)Cc2ccccc2)cc1. The summed E-state index contributed by atoms with van der Waals surface area (Å²) in [6.07, 6.45) is 0.610. The van der Waals surface area contributed by atoms with Crippen LogP contribution in [0, 0.1) is 5.41 Å². The van der Waals surface area contributed by atoms with Gasteiger partial charge in [-0.25, -0.2) is 0 Å². The number of benzene rings is 2. The molecule has 0 bridgehead atoms. The number of aliphatic hydroxyl groups excluding tert-OH is 1. The number of quaternary nitrogens is 1. The maximum absolute atomic E-state index is 10.5. The monoisotopic (exact) mass is 398 g/mol. The lowest BCUT2D eigenvalue weighted by molar-refractivity contribution is -0.906. The van der Waals surface area contributed by atoms with Crippen molar-refractivity contribution >= 4 is 0 Å². The van der Waals surface area contributed by atoms with Gasteiger partial charge in [0.15, 0.2) is 0 Å². The van der Waals surface area contributed by atoms with Gasteiger partial charge in [0.2, 0.25) is 0 Å². The van der Waals surface area contributed by atoms with E-state index in [0.717, 1.165) is 18.7 Å². The average Bonchev–Trinajstić information content (AvgIpc) is 2.58. The van der Waals surface area contributed by atoms with Gasteiger partial charge in [-0.05, 0) is 34.9 Å². The van der Waals surface area contributed by atoms with Crippen LogP contribution >= 0.6 is 0 Å². The topological polar surface area (TPSA) is 29.5 Å². The first-order valence-corrected chi connectivity index (χ1v) is 10.6. The minimum absolute atomic E-state index is 0.120. The second-order valence-electron chi connectivity index (χ2n) is 10.9. The number of rotatable bonds is 9. The summed E-state index contributed by atoms with van der Waals surface area (Å²) in [5.41, 5.74) is 3.00. The molecule has 160 valence electrons. The number of ether oxygens (including phenoxy) is 1. The molecule has 2 aromatic carbocycles. The van der Waals surface area contributed by atoms with Gasteiger partial charge in [0, 0.05) is 5.56 Å². The third kappa shape index (κ3) is 8.20. The van der Waals surface area contributed by atoms with E-state index in [1.54, 1.807) is 0 Å². The van der Waals surface area contributed by atoms with Crippen molar-refractivity contribution in [3.8, 4) is 5.75 Å². The minimum Gasteiger partial charge on any atom is -0.491 e. The lowest BCUT2D eigenvalue weighted by Crippen LogP contribution is -2.46. The molecule has 3 nitrogen and oxygen atoms in total. The Hall–Kier alpha value is -1.84. The molecule has 0 fully saturated rings. The van der Waals surface area contributed by atoms with E-state index in [1.165, 1.54) is 11.1 Å². The molecular formula is C26H40NO2+. The summed E-state index contributed by atoms with van der Waals surface area (Å²) in [5.74, 6) is 0.813. The second-order valence-corrected chi connectivity index (χ2v) is 10.9. The Morgan fingerprint density at radius 3 is 2.03 bits per heavy atom. The van der Waals surface area contributed by atoms with E-state index in [9.17, 15) is 5.11 Å². The Kier molecular flexibility index (Phi) is 7.53. The van der Waals surface area contributed by atoms with Crippen LogP contribution in [0.2, 0.25) is 0 Å². The van der Waals surface area contributed by atoms with E-state index in [-0.39, 0.29) is 10.8 Å². The zero-order valence-corrected chi connectivity index (χ0v) is 19.4. The summed E-state index contributed by atoms with van der Waals surface area (Å²) in [6, 6.07) is 18.8. The molecular weight excluding hydrogens is 358 g/mol. The van der Waals surface area contributed by atoms with Gasteiger partial charge in [-0.15, -0.1) is 0 Å². The van der Waals surface area contributed by atoms with Crippen LogP contribution in [0.3, 0.4) is 0 Å². The van der Waals surface area contributed by atoms with Crippen molar-refractivity contribution in [2.75, 3.05) is 27.2 Å².